The number of anilines is 2. The van der Waals surface area contributed by atoms with Crippen LogP contribution in [0.4, 0.5) is 20.2 Å². The molecule has 0 heterocycles. The number of carbonyl (C=O) groups excluding carboxylic acids is 3. The molecular weight excluding hydrogens is 444 g/mol. The van der Waals surface area contributed by atoms with Gasteiger partial charge in [-0.25, -0.2) is 8.78 Å². The van der Waals surface area contributed by atoms with E-state index in [2.05, 4.69) is 10.6 Å². The Morgan fingerprint density at radius 3 is 1.91 bits per heavy atom. The average Bonchev–Trinajstić information content (AvgIpc) is 2.77. The number of nitrogens with two attached hydrogens (primary N) is 3. The van der Waals surface area contributed by atoms with E-state index in [9.17, 15) is 23.2 Å². The van der Waals surface area contributed by atoms with Crippen molar-refractivity contribution in [3.63, 3.8) is 0 Å². The Kier molecular flexibility index (Phi) is 7.30. The Morgan fingerprint density at radius 2 is 1.41 bits per heavy atom. The summed E-state index contributed by atoms with van der Waals surface area (Å²) in [7, 11) is 0. The number of halogens is 2. The highest BCUT2D eigenvalue weighted by Crippen LogP contribution is 2.40. The van der Waals surface area contributed by atoms with Gasteiger partial charge in [0.1, 0.15) is 11.6 Å². The number of benzene rings is 2. The molecule has 1 aliphatic rings. The summed E-state index contributed by atoms with van der Waals surface area (Å²) in [5, 5.41) is 6.46. The lowest BCUT2D eigenvalue weighted by Crippen LogP contribution is -2.47. The minimum atomic E-state index is -1.09. The minimum absolute atomic E-state index is 0.00541. The lowest BCUT2D eigenvalue weighted by molar-refractivity contribution is -0.118. The zero-order chi connectivity index (χ0) is 24.9. The van der Waals surface area contributed by atoms with E-state index in [1.807, 2.05) is 0 Å². The Balaban J connectivity index is 2.13. The number of hydrogen-bond acceptors (Lipinski definition) is 5. The fourth-order valence-electron chi connectivity index (χ4n) is 3.92. The summed E-state index contributed by atoms with van der Waals surface area (Å²) in [6.45, 7) is 0. The molecule has 0 saturated carbocycles. The normalized spacial score (nSPS) is 17.6. The highest BCUT2D eigenvalue weighted by molar-refractivity contribution is 6.06. The quantitative estimate of drug-likeness (QED) is 0.362. The van der Waals surface area contributed by atoms with Crippen LogP contribution < -0.4 is 27.8 Å². The van der Waals surface area contributed by atoms with E-state index in [0.29, 0.717) is 23.5 Å². The second-order valence-corrected chi connectivity index (χ2v) is 8.02. The van der Waals surface area contributed by atoms with Crippen LogP contribution in [0.15, 0.2) is 71.5 Å². The van der Waals surface area contributed by atoms with Gasteiger partial charge in [-0.2, -0.15) is 0 Å². The van der Waals surface area contributed by atoms with Crippen LogP contribution in [0.25, 0.3) is 0 Å². The molecule has 10 heteroatoms. The van der Waals surface area contributed by atoms with Gasteiger partial charge in [0, 0.05) is 41.1 Å². The van der Waals surface area contributed by atoms with Crippen LogP contribution in [-0.2, 0) is 14.4 Å². The second kappa shape index (κ2) is 10.2. The fraction of sp³-hybridized carbons (Fsp3) is 0.208. The maximum absolute atomic E-state index is 13.5. The topological polar surface area (TPSA) is 153 Å². The van der Waals surface area contributed by atoms with Crippen LogP contribution >= 0.6 is 0 Å². The molecule has 178 valence electrons. The van der Waals surface area contributed by atoms with E-state index in [-0.39, 0.29) is 30.4 Å². The standard InChI is InChI=1S/C24H25F2N5O3/c25-14-3-7-16(8-4-14)30-20-12-18(22(28)33)19(23(29)34)13-24(20,11-1-2-21(27)32)31-17-9-5-15(26)6-10-17/h3-10,12,30-31H,1-2,11,13H2,(H2,27,32)(H2,28,33)(H2,29,34). The van der Waals surface area contributed by atoms with Crippen molar-refractivity contribution in [1.82, 2.24) is 0 Å². The van der Waals surface area contributed by atoms with Crippen LogP contribution in [0.5, 0.6) is 0 Å². The number of nitrogens with one attached hydrogen (secondary N) is 2. The summed E-state index contributed by atoms with van der Waals surface area (Å²) in [5.41, 5.74) is 16.7. The van der Waals surface area contributed by atoms with Gasteiger partial charge in [-0.3, -0.25) is 14.4 Å². The van der Waals surface area contributed by atoms with Gasteiger partial charge in [0.15, 0.2) is 0 Å². The van der Waals surface area contributed by atoms with Crippen molar-refractivity contribution in [3.05, 3.63) is 83.1 Å². The van der Waals surface area contributed by atoms with Crippen molar-refractivity contribution in [2.24, 2.45) is 17.2 Å². The van der Waals surface area contributed by atoms with Gasteiger partial charge in [0.2, 0.25) is 17.7 Å². The molecule has 34 heavy (non-hydrogen) atoms. The van der Waals surface area contributed by atoms with E-state index >= 15 is 0 Å². The molecule has 1 atom stereocenters. The van der Waals surface area contributed by atoms with Crippen molar-refractivity contribution < 1.29 is 23.2 Å². The SMILES string of the molecule is NC(=O)CCCC1(Nc2ccc(F)cc2)CC(C(N)=O)=C(C(N)=O)C=C1Nc1ccc(F)cc1. The summed E-state index contributed by atoms with van der Waals surface area (Å²) in [4.78, 5) is 35.8. The maximum Gasteiger partial charge on any atom is 0.249 e. The molecule has 2 aromatic rings. The summed E-state index contributed by atoms with van der Waals surface area (Å²) in [6.07, 6.45) is 2.02. The summed E-state index contributed by atoms with van der Waals surface area (Å²) in [6, 6.07) is 11.1. The Bertz CT molecular complexity index is 1160. The third kappa shape index (κ3) is 5.77. The molecule has 0 spiro atoms. The zero-order valence-electron chi connectivity index (χ0n) is 18.2. The molecule has 2 aromatic carbocycles. The maximum atomic E-state index is 13.5. The van der Waals surface area contributed by atoms with Crippen LogP contribution in [-0.4, -0.2) is 23.3 Å². The minimum Gasteiger partial charge on any atom is -0.374 e. The largest absolute Gasteiger partial charge is 0.374 e. The lowest BCUT2D eigenvalue weighted by Gasteiger charge is -2.41. The number of hydrogen-bond donors (Lipinski definition) is 5. The Labute approximate surface area is 194 Å². The molecule has 0 fully saturated rings. The molecule has 1 aliphatic carbocycles. The average molecular weight is 469 g/mol. The van der Waals surface area contributed by atoms with E-state index < -0.39 is 34.9 Å². The Hall–Kier alpha value is -4.21. The molecule has 0 aliphatic heterocycles. The molecule has 3 amide bonds. The first kappa shape index (κ1) is 24.4. The number of carbonyl (C=O) groups is 3. The van der Waals surface area contributed by atoms with Crippen molar-refractivity contribution >= 4 is 29.1 Å². The van der Waals surface area contributed by atoms with Crippen molar-refractivity contribution in [3.8, 4) is 0 Å². The molecule has 1 unspecified atom stereocenters. The third-order valence-corrected chi connectivity index (χ3v) is 5.55. The monoisotopic (exact) mass is 469 g/mol. The van der Waals surface area contributed by atoms with Crippen LogP contribution in [0.3, 0.4) is 0 Å². The highest BCUT2D eigenvalue weighted by atomic mass is 19.1. The number of primary amides is 3. The van der Waals surface area contributed by atoms with Gasteiger partial charge < -0.3 is 27.8 Å². The molecule has 0 radical (unpaired) electrons. The van der Waals surface area contributed by atoms with Crippen LogP contribution in [0.2, 0.25) is 0 Å². The molecule has 3 rings (SSSR count). The summed E-state index contributed by atoms with van der Waals surface area (Å²) < 4.78 is 26.9. The molecule has 0 aromatic heterocycles. The van der Waals surface area contributed by atoms with Crippen molar-refractivity contribution in [2.75, 3.05) is 10.6 Å². The highest BCUT2D eigenvalue weighted by Gasteiger charge is 2.41. The van der Waals surface area contributed by atoms with Crippen LogP contribution in [0, 0.1) is 11.6 Å². The third-order valence-electron chi connectivity index (χ3n) is 5.55. The van der Waals surface area contributed by atoms with Gasteiger partial charge in [-0.05, 0) is 67.4 Å². The van der Waals surface area contributed by atoms with Crippen molar-refractivity contribution in [2.45, 2.75) is 31.2 Å². The molecule has 8 N–H and O–H groups in total. The summed E-state index contributed by atoms with van der Waals surface area (Å²) in [5.74, 6) is -3.06. The second-order valence-electron chi connectivity index (χ2n) is 8.02. The first-order valence-electron chi connectivity index (χ1n) is 10.5. The molecule has 0 saturated heterocycles. The first-order chi connectivity index (χ1) is 16.1. The fourth-order valence-corrected chi connectivity index (χ4v) is 3.92. The molecule has 8 nitrogen and oxygen atoms in total. The summed E-state index contributed by atoms with van der Waals surface area (Å²) >= 11 is 0. The van der Waals surface area contributed by atoms with E-state index in [0.717, 1.165) is 0 Å². The number of amides is 3. The first-order valence-corrected chi connectivity index (χ1v) is 10.5. The van der Waals surface area contributed by atoms with Gasteiger partial charge in [0.05, 0.1) is 5.54 Å². The lowest BCUT2D eigenvalue weighted by atomic mass is 9.76. The predicted octanol–water partition coefficient (Wildman–Crippen LogP) is 2.44. The molecular formula is C24H25F2N5O3. The molecule has 0 bridgehead atoms. The van der Waals surface area contributed by atoms with E-state index in [1.165, 1.54) is 54.6 Å². The van der Waals surface area contributed by atoms with Crippen LogP contribution in [0.1, 0.15) is 25.7 Å². The Morgan fingerprint density at radius 1 is 0.853 bits per heavy atom. The van der Waals surface area contributed by atoms with Crippen molar-refractivity contribution in [1.29, 1.82) is 0 Å². The predicted molar refractivity (Wildman–Crippen MR) is 124 cm³/mol. The smallest absolute Gasteiger partial charge is 0.249 e. The van der Waals surface area contributed by atoms with Gasteiger partial charge >= 0.3 is 0 Å². The zero-order valence-corrected chi connectivity index (χ0v) is 18.2. The number of rotatable bonds is 10. The van der Waals surface area contributed by atoms with Gasteiger partial charge in [-0.1, -0.05) is 0 Å². The van der Waals surface area contributed by atoms with Gasteiger partial charge in [-0.15, -0.1) is 0 Å². The van der Waals surface area contributed by atoms with Gasteiger partial charge in [0.25, 0.3) is 0 Å². The van der Waals surface area contributed by atoms with E-state index in [1.54, 1.807) is 0 Å². The van der Waals surface area contributed by atoms with E-state index in [4.69, 9.17) is 17.2 Å².